The number of aliphatic imine (C=N–C) groups is 1. The summed E-state index contributed by atoms with van der Waals surface area (Å²) in [6.45, 7) is 4.07. The minimum Gasteiger partial charge on any atom is -0.377 e. The summed E-state index contributed by atoms with van der Waals surface area (Å²) < 4.78 is 27.7. The molecule has 0 bridgehead atoms. The normalized spacial score (nSPS) is 17.7. The molecule has 1 atom stereocenters. The molecular weight excluding hydrogens is 408 g/mol. The van der Waals surface area contributed by atoms with Crippen LogP contribution in [0, 0.1) is 0 Å². The number of hydrogen-bond acceptors (Lipinski definition) is 5. The number of halogens is 1. The molecule has 6 nitrogen and oxygen atoms in total. The van der Waals surface area contributed by atoms with Gasteiger partial charge in [-0.1, -0.05) is 23.7 Å². The number of benzene rings is 1. The van der Waals surface area contributed by atoms with Crippen LogP contribution in [-0.4, -0.2) is 19.6 Å². The highest BCUT2D eigenvalue weighted by molar-refractivity contribution is 7.92. The van der Waals surface area contributed by atoms with Crippen molar-refractivity contribution in [2.45, 2.75) is 37.6 Å². The number of nitrogens with zero attached hydrogens (tertiary/aromatic N) is 2. The first kappa shape index (κ1) is 21.1. The Bertz CT molecular complexity index is 1060. The molecule has 152 valence electrons. The summed E-state index contributed by atoms with van der Waals surface area (Å²) in [5, 5.41) is 4.20. The lowest BCUT2D eigenvalue weighted by atomic mass is 10.1. The van der Waals surface area contributed by atoms with Gasteiger partial charge in [0.15, 0.2) is 0 Å². The molecule has 1 aliphatic rings. The van der Waals surface area contributed by atoms with Crippen LogP contribution >= 0.6 is 11.6 Å². The summed E-state index contributed by atoms with van der Waals surface area (Å²) in [5.41, 5.74) is 3.55. The maximum Gasteiger partial charge on any atom is 0.263 e. The molecule has 2 N–H and O–H groups in total. The van der Waals surface area contributed by atoms with Crippen LogP contribution in [0.3, 0.4) is 0 Å². The SMILES string of the molecule is CC1=C(NC(C)c2cccc(NS(=O)(=O)c3cccnc3)c2)C=N/C=C(/Cl)CC1. The van der Waals surface area contributed by atoms with E-state index in [0.717, 1.165) is 29.1 Å². The fourth-order valence-corrected chi connectivity index (χ4v) is 4.04. The topological polar surface area (TPSA) is 83.5 Å². The van der Waals surface area contributed by atoms with Crippen molar-refractivity contribution in [1.82, 2.24) is 10.3 Å². The highest BCUT2D eigenvalue weighted by atomic mass is 35.5. The van der Waals surface area contributed by atoms with Gasteiger partial charge in [-0.05, 0) is 62.1 Å². The molecule has 8 heteroatoms. The first-order valence-electron chi connectivity index (χ1n) is 9.22. The highest BCUT2D eigenvalue weighted by Gasteiger charge is 2.15. The number of nitrogens with one attached hydrogen (secondary N) is 2. The zero-order valence-corrected chi connectivity index (χ0v) is 17.8. The first-order valence-corrected chi connectivity index (χ1v) is 11.1. The van der Waals surface area contributed by atoms with E-state index in [2.05, 4.69) is 26.9 Å². The van der Waals surface area contributed by atoms with Gasteiger partial charge in [-0.15, -0.1) is 0 Å². The number of pyridine rings is 1. The average Bonchev–Trinajstić information content (AvgIpc) is 2.70. The molecular formula is C21H23ClN4O2S. The van der Waals surface area contributed by atoms with E-state index in [1.165, 1.54) is 24.0 Å². The standard InChI is InChI=1S/C21H23ClN4O2S/c1-15-8-9-18(22)12-24-14-21(15)25-16(2)17-5-3-6-19(11-17)26-29(27,28)20-7-4-10-23-13-20/h3-7,10-14,16,25-26H,8-9H2,1-2H3/b18-12+,21-15?,24-14?. The lowest BCUT2D eigenvalue weighted by Crippen LogP contribution is -2.21. The summed E-state index contributed by atoms with van der Waals surface area (Å²) in [5.74, 6) is 0. The number of rotatable bonds is 6. The number of aromatic nitrogens is 1. The molecule has 29 heavy (non-hydrogen) atoms. The predicted octanol–water partition coefficient (Wildman–Crippen LogP) is 4.75. The van der Waals surface area contributed by atoms with E-state index in [4.69, 9.17) is 11.6 Å². The summed E-state index contributed by atoms with van der Waals surface area (Å²) in [4.78, 5) is 8.24. The molecule has 1 unspecified atom stereocenters. The smallest absolute Gasteiger partial charge is 0.263 e. The van der Waals surface area contributed by atoms with Crippen molar-refractivity contribution in [3.63, 3.8) is 0 Å². The summed E-state index contributed by atoms with van der Waals surface area (Å²) in [6, 6.07) is 10.4. The number of hydrogen-bond donors (Lipinski definition) is 2. The second kappa shape index (κ2) is 9.24. The van der Waals surface area contributed by atoms with Crippen molar-refractivity contribution in [1.29, 1.82) is 0 Å². The molecule has 0 amide bonds. The Morgan fingerprint density at radius 1 is 1.17 bits per heavy atom. The molecule has 1 aromatic heterocycles. The lowest BCUT2D eigenvalue weighted by Gasteiger charge is -2.20. The number of anilines is 1. The molecule has 1 aromatic carbocycles. The maximum atomic E-state index is 12.5. The van der Waals surface area contributed by atoms with Gasteiger partial charge in [0, 0.05) is 41.6 Å². The van der Waals surface area contributed by atoms with E-state index in [0.29, 0.717) is 5.69 Å². The van der Waals surface area contributed by atoms with E-state index >= 15 is 0 Å². The summed E-state index contributed by atoms with van der Waals surface area (Å²) in [7, 11) is -3.69. The Morgan fingerprint density at radius 3 is 2.76 bits per heavy atom. The Hall–Kier alpha value is -2.64. The third-order valence-electron chi connectivity index (χ3n) is 4.57. The molecule has 0 saturated carbocycles. The van der Waals surface area contributed by atoms with Gasteiger partial charge in [-0.3, -0.25) is 14.7 Å². The Kier molecular flexibility index (Phi) is 6.71. The van der Waals surface area contributed by atoms with E-state index < -0.39 is 10.0 Å². The molecule has 0 aliphatic carbocycles. The first-order chi connectivity index (χ1) is 13.8. The second-order valence-electron chi connectivity index (χ2n) is 6.83. The minimum absolute atomic E-state index is 0.0480. The third kappa shape index (κ3) is 5.68. The van der Waals surface area contributed by atoms with E-state index in [1.807, 2.05) is 25.1 Å². The van der Waals surface area contributed by atoms with Crippen molar-refractivity contribution in [3.8, 4) is 0 Å². The van der Waals surface area contributed by atoms with Gasteiger partial charge in [0.1, 0.15) is 4.90 Å². The van der Waals surface area contributed by atoms with Gasteiger partial charge in [0.2, 0.25) is 0 Å². The molecule has 0 saturated heterocycles. The van der Waals surface area contributed by atoms with E-state index in [9.17, 15) is 8.42 Å². The van der Waals surface area contributed by atoms with Gasteiger partial charge in [0.25, 0.3) is 10.0 Å². The zero-order valence-electron chi connectivity index (χ0n) is 16.3. The van der Waals surface area contributed by atoms with E-state index in [-0.39, 0.29) is 10.9 Å². The quantitative estimate of drug-likeness (QED) is 0.692. The van der Waals surface area contributed by atoms with E-state index in [1.54, 1.807) is 24.5 Å². The third-order valence-corrected chi connectivity index (χ3v) is 6.23. The van der Waals surface area contributed by atoms with Crippen LogP contribution in [0.1, 0.15) is 38.3 Å². The Labute approximate surface area is 176 Å². The number of sulfonamides is 1. The Balaban J connectivity index is 1.77. The largest absolute Gasteiger partial charge is 0.377 e. The van der Waals surface area contributed by atoms with Crippen LogP contribution in [0.25, 0.3) is 0 Å². The Morgan fingerprint density at radius 2 is 2.00 bits per heavy atom. The average molecular weight is 431 g/mol. The fourth-order valence-electron chi connectivity index (χ4n) is 2.88. The summed E-state index contributed by atoms with van der Waals surface area (Å²) in [6.07, 6.45) is 7.89. The van der Waals surface area contributed by atoms with Crippen LogP contribution < -0.4 is 10.0 Å². The molecule has 1 aliphatic heterocycles. The van der Waals surface area contributed by atoms with Gasteiger partial charge in [-0.2, -0.15) is 0 Å². The van der Waals surface area contributed by atoms with Crippen LogP contribution in [0.2, 0.25) is 0 Å². The minimum atomic E-state index is -3.69. The fraction of sp³-hybridized carbons (Fsp3) is 0.238. The maximum absolute atomic E-state index is 12.5. The summed E-state index contributed by atoms with van der Waals surface area (Å²) >= 11 is 6.07. The van der Waals surface area contributed by atoms with Crippen LogP contribution in [0.4, 0.5) is 5.69 Å². The van der Waals surface area contributed by atoms with Crippen molar-refractivity contribution in [3.05, 3.63) is 76.9 Å². The zero-order chi connectivity index (χ0) is 20.9. The van der Waals surface area contributed by atoms with Gasteiger partial charge in [0.05, 0.1) is 5.70 Å². The lowest BCUT2D eigenvalue weighted by molar-refractivity contribution is 0.600. The monoisotopic (exact) mass is 430 g/mol. The van der Waals surface area contributed by atoms with Crippen LogP contribution in [0.5, 0.6) is 0 Å². The van der Waals surface area contributed by atoms with Gasteiger partial charge in [-0.25, -0.2) is 8.42 Å². The predicted molar refractivity (Wildman–Crippen MR) is 117 cm³/mol. The van der Waals surface area contributed by atoms with Crippen LogP contribution in [0.15, 0.2) is 81.2 Å². The number of allylic oxidation sites excluding steroid dienone is 3. The second-order valence-corrected chi connectivity index (χ2v) is 9.00. The van der Waals surface area contributed by atoms with Gasteiger partial charge < -0.3 is 5.32 Å². The molecule has 2 aromatic rings. The molecule has 2 heterocycles. The van der Waals surface area contributed by atoms with Crippen molar-refractivity contribution in [2.24, 2.45) is 4.99 Å². The van der Waals surface area contributed by atoms with Crippen molar-refractivity contribution >= 4 is 33.5 Å². The molecule has 0 radical (unpaired) electrons. The highest BCUT2D eigenvalue weighted by Crippen LogP contribution is 2.23. The van der Waals surface area contributed by atoms with Crippen molar-refractivity contribution < 1.29 is 8.42 Å². The van der Waals surface area contributed by atoms with Crippen molar-refractivity contribution in [2.75, 3.05) is 4.72 Å². The molecule has 0 fully saturated rings. The van der Waals surface area contributed by atoms with Gasteiger partial charge >= 0.3 is 0 Å². The molecule has 3 rings (SSSR count). The van der Waals surface area contributed by atoms with Crippen LogP contribution in [-0.2, 0) is 10.0 Å². The molecule has 0 spiro atoms.